The van der Waals surface area contributed by atoms with E-state index in [9.17, 15) is 0 Å². The summed E-state index contributed by atoms with van der Waals surface area (Å²) < 4.78 is 4.02. The molecule has 0 aliphatic heterocycles. The molecule has 0 radical (unpaired) electrons. The molecule has 0 saturated carbocycles. The number of alkyl halides is 1. The van der Waals surface area contributed by atoms with Crippen molar-refractivity contribution in [1.29, 1.82) is 0 Å². The lowest BCUT2D eigenvalue weighted by Gasteiger charge is -2.08. The highest BCUT2D eigenvalue weighted by Gasteiger charge is 2.12. The number of benzene rings is 1. The SMILES string of the molecule is ClCc1nc2cccc(Cl)c2n1CCCn1cccn1. The summed E-state index contributed by atoms with van der Waals surface area (Å²) in [6.45, 7) is 1.68. The Bertz CT molecular complexity index is 703. The number of imidazole rings is 1. The van der Waals surface area contributed by atoms with Crippen LogP contribution in [0.15, 0.2) is 36.7 Å². The van der Waals surface area contributed by atoms with Gasteiger partial charge in [0, 0.05) is 25.5 Å². The summed E-state index contributed by atoms with van der Waals surface area (Å²) >= 11 is 12.3. The van der Waals surface area contributed by atoms with Crippen LogP contribution in [0, 0.1) is 0 Å². The first-order chi connectivity index (χ1) is 9.79. The molecule has 2 heterocycles. The van der Waals surface area contributed by atoms with Crippen molar-refractivity contribution in [2.75, 3.05) is 0 Å². The molecule has 4 nitrogen and oxygen atoms in total. The zero-order valence-corrected chi connectivity index (χ0v) is 12.3. The van der Waals surface area contributed by atoms with Gasteiger partial charge in [0.1, 0.15) is 5.82 Å². The number of hydrogen-bond donors (Lipinski definition) is 0. The lowest BCUT2D eigenvalue weighted by atomic mass is 10.3. The summed E-state index contributed by atoms with van der Waals surface area (Å²) in [7, 11) is 0. The fourth-order valence-electron chi connectivity index (χ4n) is 2.36. The Labute approximate surface area is 126 Å². The van der Waals surface area contributed by atoms with Gasteiger partial charge < -0.3 is 4.57 Å². The summed E-state index contributed by atoms with van der Waals surface area (Å²) in [5.74, 6) is 1.24. The van der Waals surface area contributed by atoms with Crippen LogP contribution in [-0.2, 0) is 19.0 Å². The van der Waals surface area contributed by atoms with Gasteiger partial charge in [-0.15, -0.1) is 11.6 Å². The Morgan fingerprint density at radius 1 is 1.15 bits per heavy atom. The molecule has 6 heteroatoms. The summed E-state index contributed by atoms with van der Waals surface area (Å²) in [4.78, 5) is 4.53. The molecular weight excluding hydrogens is 295 g/mol. The van der Waals surface area contributed by atoms with Crippen LogP contribution >= 0.6 is 23.2 Å². The predicted molar refractivity (Wildman–Crippen MR) is 81.1 cm³/mol. The van der Waals surface area contributed by atoms with Crippen molar-refractivity contribution in [2.24, 2.45) is 0 Å². The fourth-order valence-corrected chi connectivity index (χ4v) is 2.83. The van der Waals surface area contributed by atoms with Gasteiger partial charge in [0.25, 0.3) is 0 Å². The first kappa shape index (κ1) is 13.5. The maximum Gasteiger partial charge on any atom is 0.124 e. The van der Waals surface area contributed by atoms with E-state index in [1.54, 1.807) is 6.20 Å². The molecule has 20 heavy (non-hydrogen) atoms. The number of rotatable bonds is 5. The van der Waals surface area contributed by atoms with Gasteiger partial charge in [0.2, 0.25) is 0 Å². The standard InChI is InChI=1S/C14H14Cl2N4/c15-10-13-18-12-5-1-4-11(16)14(12)20(13)9-3-8-19-7-2-6-17-19/h1-2,4-7H,3,8-10H2. The van der Waals surface area contributed by atoms with Gasteiger partial charge in [0.15, 0.2) is 0 Å². The monoisotopic (exact) mass is 308 g/mol. The maximum atomic E-state index is 6.29. The highest BCUT2D eigenvalue weighted by Crippen LogP contribution is 2.25. The minimum absolute atomic E-state index is 0.382. The minimum Gasteiger partial charge on any atom is -0.326 e. The minimum atomic E-state index is 0.382. The molecule has 0 saturated heterocycles. The van der Waals surface area contributed by atoms with Crippen molar-refractivity contribution < 1.29 is 0 Å². The maximum absolute atomic E-state index is 6.29. The van der Waals surface area contributed by atoms with Crippen LogP contribution in [0.2, 0.25) is 5.02 Å². The lowest BCUT2D eigenvalue weighted by Crippen LogP contribution is -2.07. The molecule has 1 aromatic carbocycles. The quantitative estimate of drug-likeness (QED) is 0.673. The Morgan fingerprint density at radius 3 is 2.80 bits per heavy atom. The molecule has 0 aliphatic rings. The molecule has 0 fully saturated rings. The predicted octanol–water partition coefficient (Wildman–Crippen LogP) is 3.72. The molecule has 2 aromatic heterocycles. The largest absolute Gasteiger partial charge is 0.326 e. The van der Waals surface area contributed by atoms with Gasteiger partial charge in [-0.25, -0.2) is 4.98 Å². The Morgan fingerprint density at radius 2 is 2.05 bits per heavy atom. The highest BCUT2D eigenvalue weighted by molar-refractivity contribution is 6.35. The first-order valence-electron chi connectivity index (χ1n) is 6.46. The van der Waals surface area contributed by atoms with E-state index in [0.29, 0.717) is 10.9 Å². The molecule has 0 unspecified atom stereocenters. The molecule has 0 amide bonds. The van der Waals surface area contributed by atoms with Crippen molar-refractivity contribution in [1.82, 2.24) is 19.3 Å². The van der Waals surface area contributed by atoms with Crippen molar-refractivity contribution in [2.45, 2.75) is 25.4 Å². The van der Waals surface area contributed by atoms with E-state index in [0.717, 1.165) is 36.4 Å². The second-order valence-corrected chi connectivity index (χ2v) is 5.22. The zero-order chi connectivity index (χ0) is 13.9. The average Bonchev–Trinajstić information content (AvgIpc) is 3.07. The summed E-state index contributed by atoms with van der Waals surface area (Å²) in [5, 5.41) is 4.91. The fraction of sp³-hybridized carbons (Fsp3) is 0.286. The van der Waals surface area contributed by atoms with E-state index < -0.39 is 0 Å². The molecule has 3 aromatic rings. The van der Waals surface area contributed by atoms with Crippen LogP contribution in [0.25, 0.3) is 11.0 Å². The smallest absolute Gasteiger partial charge is 0.124 e. The third-order valence-corrected chi connectivity index (χ3v) is 3.79. The number of halogens is 2. The van der Waals surface area contributed by atoms with E-state index >= 15 is 0 Å². The second-order valence-electron chi connectivity index (χ2n) is 4.54. The van der Waals surface area contributed by atoms with Crippen LogP contribution in [0.4, 0.5) is 0 Å². The zero-order valence-electron chi connectivity index (χ0n) is 10.8. The Balaban J connectivity index is 1.85. The van der Waals surface area contributed by atoms with Crippen LogP contribution in [0.3, 0.4) is 0 Å². The van der Waals surface area contributed by atoms with Gasteiger partial charge in [-0.2, -0.15) is 5.10 Å². The molecule has 0 N–H and O–H groups in total. The Hall–Kier alpha value is -1.52. The van der Waals surface area contributed by atoms with Crippen molar-refractivity contribution in [3.8, 4) is 0 Å². The van der Waals surface area contributed by atoms with Crippen molar-refractivity contribution in [3.63, 3.8) is 0 Å². The van der Waals surface area contributed by atoms with Crippen molar-refractivity contribution >= 4 is 34.2 Å². The molecule has 0 atom stereocenters. The van der Waals surface area contributed by atoms with Gasteiger partial charge in [0.05, 0.1) is 21.9 Å². The summed E-state index contributed by atoms with van der Waals surface area (Å²) in [6, 6.07) is 7.67. The molecule has 104 valence electrons. The van der Waals surface area contributed by atoms with E-state index in [4.69, 9.17) is 23.2 Å². The van der Waals surface area contributed by atoms with Gasteiger partial charge in [-0.1, -0.05) is 17.7 Å². The van der Waals surface area contributed by atoms with Crippen molar-refractivity contribution in [3.05, 3.63) is 47.5 Å². The highest BCUT2D eigenvalue weighted by atomic mass is 35.5. The normalized spacial score (nSPS) is 11.3. The Kier molecular flexibility index (Phi) is 3.94. The average molecular weight is 309 g/mol. The molecular formula is C14H14Cl2N4. The number of para-hydroxylation sites is 1. The number of nitrogens with zero attached hydrogens (tertiary/aromatic N) is 4. The third-order valence-electron chi connectivity index (χ3n) is 3.24. The van der Waals surface area contributed by atoms with Crippen LogP contribution in [0.5, 0.6) is 0 Å². The number of aromatic nitrogens is 4. The van der Waals surface area contributed by atoms with Crippen LogP contribution in [0.1, 0.15) is 12.2 Å². The number of fused-ring (bicyclic) bond motifs is 1. The summed E-state index contributed by atoms with van der Waals surface area (Å²) in [5.41, 5.74) is 1.86. The van der Waals surface area contributed by atoms with Crippen LogP contribution < -0.4 is 0 Å². The molecule has 0 aliphatic carbocycles. The number of hydrogen-bond acceptors (Lipinski definition) is 2. The second kappa shape index (κ2) is 5.85. The molecule has 0 bridgehead atoms. The number of aryl methyl sites for hydroxylation is 2. The van der Waals surface area contributed by atoms with Crippen LogP contribution in [-0.4, -0.2) is 19.3 Å². The van der Waals surface area contributed by atoms with E-state index in [1.807, 2.05) is 35.1 Å². The van der Waals surface area contributed by atoms with Gasteiger partial charge >= 0.3 is 0 Å². The topological polar surface area (TPSA) is 35.6 Å². The molecule has 0 spiro atoms. The third kappa shape index (κ3) is 2.53. The lowest BCUT2D eigenvalue weighted by molar-refractivity contribution is 0.526. The van der Waals surface area contributed by atoms with Gasteiger partial charge in [-0.3, -0.25) is 4.68 Å². The first-order valence-corrected chi connectivity index (χ1v) is 7.38. The van der Waals surface area contributed by atoms with E-state index in [1.165, 1.54) is 0 Å². The summed E-state index contributed by atoms with van der Waals surface area (Å²) in [6.07, 6.45) is 4.69. The van der Waals surface area contributed by atoms with E-state index in [-0.39, 0.29) is 0 Å². The molecule has 3 rings (SSSR count). The van der Waals surface area contributed by atoms with Gasteiger partial charge in [-0.05, 0) is 24.6 Å². The van der Waals surface area contributed by atoms with E-state index in [2.05, 4.69) is 14.6 Å².